The lowest BCUT2D eigenvalue weighted by Crippen LogP contribution is -2.29. The second kappa shape index (κ2) is 6.34. The highest BCUT2D eigenvalue weighted by Gasteiger charge is 2.39. The zero-order chi connectivity index (χ0) is 17.6. The zero-order valence-corrected chi connectivity index (χ0v) is 15.8. The summed E-state index contributed by atoms with van der Waals surface area (Å²) in [5.41, 5.74) is 4.26. The first-order valence-electron chi connectivity index (χ1n) is 8.50. The minimum atomic E-state index is 0.108. The van der Waals surface area contributed by atoms with Gasteiger partial charge in [-0.15, -0.1) is 0 Å². The van der Waals surface area contributed by atoms with Crippen LogP contribution in [0, 0.1) is 5.92 Å². The number of fused-ring (bicyclic) bond motifs is 3. The Morgan fingerprint density at radius 1 is 1.20 bits per heavy atom. The average Bonchev–Trinajstić information content (AvgIpc) is 3.10. The fraction of sp³-hybridized carbons (Fsp3) is 0.286. The van der Waals surface area contributed by atoms with E-state index < -0.39 is 0 Å². The van der Waals surface area contributed by atoms with Gasteiger partial charge in [-0.1, -0.05) is 28.1 Å². The van der Waals surface area contributed by atoms with E-state index in [1.165, 1.54) is 5.56 Å². The van der Waals surface area contributed by atoms with Gasteiger partial charge in [0, 0.05) is 27.2 Å². The van der Waals surface area contributed by atoms with Gasteiger partial charge in [-0.25, -0.2) is 0 Å². The molecule has 0 aromatic heterocycles. The molecule has 0 bridgehead atoms. The molecule has 2 aliphatic rings. The van der Waals surface area contributed by atoms with Crippen LogP contribution in [0.2, 0.25) is 0 Å². The van der Waals surface area contributed by atoms with Crippen LogP contribution in [0.5, 0.6) is 5.75 Å². The van der Waals surface area contributed by atoms with Crippen LogP contribution in [0.25, 0.3) is 0 Å². The van der Waals surface area contributed by atoms with Crippen molar-refractivity contribution in [1.82, 2.24) is 0 Å². The van der Waals surface area contributed by atoms with Gasteiger partial charge in [0.1, 0.15) is 5.75 Å². The lowest BCUT2D eigenvalue weighted by atomic mass is 9.76. The van der Waals surface area contributed by atoms with E-state index in [2.05, 4.69) is 39.5 Å². The van der Waals surface area contributed by atoms with Crippen molar-refractivity contribution in [3.8, 4) is 5.75 Å². The monoisotopic (exact) mass is 397 g/mol. The van der Waals surface area contributed by atoms with Gasteiger partial charge >= 0.3 is 0 Å². The maximum atomic E-state index is 11.8. The van der Waals surface area contributed by atoms with Gasteiger partial charge in [0.25, 0.3) is 0 Å². The minimum absolute atomic E-state index is 0.108. The number of benzene rings is 2. The van der Waals surface area contributed by atoms with Crippen molar-refractivity contribution >= 4 is 27.4 Å². The highest BCUT2D eigenvalue weighted by molar-refractivity contribution is 9.10. The van der Waals surface area contributed by atoms with E-state index in [1.807, 2.05) is 30.3 Å². The molecule has 0 spiro atoms. The lowest BCUT2D eigenvalue weighted by Gasteiger charge is -2.38. The van der Waals surface area contributed by atoms with Crippen molar-refractivity contribution in [3.05, 3.63) is 69.7 Å². The van der Waals surface area contributed by atoms with Crippen LogP contribution >= 0.6 is 15.9 Å². The molecule has 0 saturated carbocycles. The molecule has 0 radical (unpaired) electrons. The number of rotatable bonds is 3. The molecule has 0 amide bonds. The van der Waals surface area contributed by atoms with E-state index >= 15 is 0 Å². The first-order valence-corrected chi connectivity index (χ1v) is 9.29. The molecule has 25 heavy (non-hydrogen) atoms. The molecule has 128 valence electrons. The zero-order valence-electron chi connectivity index (χ0n) is 14.3. The molecule has 1 N–H and O–H groups in total. The van der Waals surface area contributed by atoms with Crippen molar-refractivity contribution in [2.24, 2.45) is 5.92 Å². The van der Waals surface area contributed by atoms with Crippen molar-refractivity contribution in [1.29, 1.82) is 0 Å². The molecule has 0 unspecified atom stereocenters. The normalized spacial score (nSPS) is 23.6. The van der Waals surface area contributed by atoms with Gasteiger partial charge in [0.2, 0.25) is 0 Å². The number of allylic oxidation sites excluding steroid dienone is 2. The van der Waals surface area contributed by atoms with E-state index in [4.69, 9.17) is 4.74 Å². The highest BCUT2D eigenvalue weighted by atomic mass is 79.9. The number of hydrogen-bond acceptors (Lipinski definition) is 3. The Bertz CT molecular complexity index is 874. The highest BCUT2D eigenvalue weighted by Crippen LogP contribution is 2.51. The van der Waals surface area contributed by atoms with Crippen LogP contribution in [0.1, 0.15) is 46.8 Å². The van der Waals surface area contributed by atoms with Gasteiger partial charge < -0.3 is 10.1 Å². The van der Waals surface area contributed by atoms with Crippen molar-refractivity contribution < 1.29 is 9.53 Å². The third-order valence-electron chi connectivity index (χ3n) is 5.30. The number of carbonyl (C=O) groups is 1. The maximum absolute atomic E-state index is 11.8. The number of Topliss-reactive ketones (excluding diaryl/α,β-unsaturated/α-hetero) is 1. The van der Waals surface area contributed by atoms with Gasteiger partial charge in [0.15, 0.2) is 5.78 Å². The summed E-state index contributed by atoms with van der Waals surface area (Å²) in [5.74, 6) is 1.74. The minimum Gasteiger partial charge on any atom is -0.496 e. The summed E-state index contributed by atoms with van der Waals surface area (Å²) in [7, 11) is 1.72. The predicted molar refractivity (Wildman–Crippen MR) is 103 cm³/mol. The Labute approximate surface area is 156 Å². The molecule has 1 aliphatic carbocycles. The number of hydrogen-bond donors (Lipinski definition) is 1. The molecule has 1 heterocycles. The van der Waals surface area contributed by atoms with E-state index in [1.54, 1.807) is 14.0 Å². The molecule has 3 nitrogen and oxygen atoms in total. The summed E-state index contributed by atoms with van der Waals surface area (Å²) < 4.78 is 6.66. The van der Waals surface area contributed by atoms with Gasteiger partial charge in [0.05, 0.1) is 13.2 Å². The summed E-state index contributed by atoms with van der Waals surface area (Å²) in [6.07, 6.45) is 5.55. The fourth-order valence-corrected chi connectivity index (χ4v) is 4.45. The van der Waals surface area contributed by atoms with Crippen LogP contribution in [-0.4, -0.2) is 12.9 Å². The third kappa shape index (κ3) is 2.78. The fourth-order valence-electron chi connectivity index (χ4n) is 4.07. The van der Waals surface area contributed by atoms with Crippen LogP contribution in [0.15, 0.2) is 53.0 Å². The van der Waals surface area contributed by atoms with E-state index in [0.29, 0.717) is 11.8 Å². The summed E-state index contributed by atoms with van der Waals surface area (Å²) in [5, 5.41) is 3.70. The van der Waals surface area contributed by atoms with Crippen LogP contribution in [0.4, 0.5) is 5.69 Å². The number of ketones is 1. The Balaban J connectivity index is 1.81. The summed E-state index contributed by atoms with van der Waals surface area (Å²) >= 11 is 3.59. The van der Waals surface area contributed by atoms with Crippen molar-refractivity contribution in [2.75, 3.05) is 12.4 Å². The summed E-state index contributed by atoms with van der Waals surface area (Å²) in [4.78, 5) is 11.8. The number of nitrogens with one attached hydrogen (secondary N) is 1. The van der Waals surface area contributed by atoms with Crippen molar-refractivity contribution in [2.45, 2.75) is 25.3 Å². The molecule has 0 saturated heterocycles. The summed E-state index contributed by atoms with van der Waals surface area (Å²) in [6, 6.07) is 12.3. The lowest BCUT2D eigenvalue weighted by molar-refractivity contribution is 0.101. The molecule has 2 aromatic carbocycles. The van der Waals surface area contributed by atoms with Crippen LogP contribution in [0.3, 0.4) is 0 Å². The molecule has 4 heteroatoms. The molecule has 3 atom stereocenters. The van der Waals surface area contributed by atoms with Crippen molar-refractivity contribution in [3.63, 3.8) is 0 Å². The van der Waals surface area contributed by atoms with E-state index in [9.17, 15) is 4.79 Å². The second-order valence-electron chi connectivity index (χ2n) is 6.72. The van der Waals surface area contributed by atoms with Gasteiger partial charge in [-0.2, -0.15) is 0 Å². The Hall–Kier alpha value is -2.07. The first-order chi connectivity index (χ1) is 12.1. The molecule has 2 aromatic rings. The smallest absolute Gasteiger partial charge is 0.159 e. The second-order valence-corrected chi connectivity index (χ2v) is 7.64. The third-order valence-corrected chi connectivity index (χ3v) is 5.79. The topological polar surface area (TPSA) is 38.3 Å². The van der Waals surface area contributed by atoms with Crippen LogP contribution in [-0.2, 0) is 0 Å². The molecular weight excluding hydrogens is 378 g/mol. The number of anilines is 1. The maximum Gasteiger partial charge on any atom is 0.159 e. The molecule has 4 rings (SSSR count). The number of carbonyl (C=O) groups excluding carboxylic acids is 1. The van der Waals surface area contributed by atoms with Crippen LogP contribution < -0.4 is 10.1 Å². The molecule has 1 aliphatic heterocycles. The number of halogens is 1. The Morgan fingerprint density at radius 2 is 2.04 bits per heavy atom. The Morgan fingerprint density at radius 3 is 2.80 bits per heavy atom. The van der Waals surface area contributed by atoms with Gasteiger partial charge in [-0.3, -0.25) is 4.79 Å². The first kappa shape index (κ1) is 16.4. The standard InChI is InChI=1S/C21H20BrNO2/c1-12(24)13-6-8-19-17(10-13)15-4-3-5-16(15)21(23-19)18-11-14(22)7-9-20(18)25-2/h3-4,6-11,15-16,21,23H,5H2,1-2H3/t15-,16-,21+/m0/s1. The summed E-state index contributed by atoms with van der Waals surface area (Å²) in [6.45, 7) is 1.62. The number of methoxy groups -OCH3 is 1. The van der Waals surface area contributed by atoms with Gasteiger partial charge in [-0.05, 0) is 61.2 Å². The SMILES string of the molecule is COc1ccc(Br)cc1[C@@H]1Nc2ccc(C(C)=O)cc2[C@H]2C=CC[C@@H]21. The molecular formula is C21H20BrNO2. The average molecular weight is 398 g/mol. The predicted octanol–water partition coefficient (Wildman–Crippen LogP) is 5.49. The quantitative estimate of drug-likeness (QED) is 0.549. The van der Waals surface area contributed by atoms with E-state index in [-0.39, 0.29) is 11.8 Å². The number of ether oxygens (including phenoxy) is 1. The molecule has 0 fully saturated rings. The van der Waals surface area contributed by atoms with E-state index in [0.717, 1.165) is 33.5 Å². The Kier molecular flexibility index (Phi) is 4.16. The largest absolute Gasteiger partial charge is 0.496 e.